The van der Waals surface area contributed by atoms with Gasteiger partial charge in [0.05, 0.1) is 11.6 Å². The van der Waals surface area contributed by atoms with Crippen molar-refractivity contribution in [1.29, 1.82) is 0 Å². The first-order valence-electron chi connectivity index (χ1n) is 5.19. The highest BCUT2D eigenvalue weighted by Crippen LogP contribution is 2.20. The largest absolute Gasteiger partial charge is 0.392 e. The third-order valence-corrected chi connectivity index (χ3v) is 2.89. The van der Waals surface area contributed by atoms with E-state index in [-0.39, 0.29) is 18.1 Å². The first-order chi connectivity index (χ1) is 6.43. The van der Waals surface area contributed by atoms with Crippen molar-refractivity contribution in [3.63, 3.8) is 0 Å². The summed E-state index contributed by atoms with van der Waals surface area (Å²) < 4.78 is 0. The average Bonchev–Trinajstić information content (AvgIpc) is 2.08. The zero-order valence-electron chi connectivity index (χ0n) is 8.92. The Balaban J connectivity index is 2.53. The summed E-state index contributed by atoms with van der Waals surface area (Å²) in [5.41, 5.74) is 4.52. The normalized spacial score (nSPS) is 28.8. The molecule has 2 unspecified atom stereocenters. The highest BCUT2D eigenvalue weighted by molar-refractivity contribution is 5.83. The summed E-state index contributed by atoms with van der Waals surface area (Å²) >= 11 is 0. The molecule has 0 saturated heterocycles. The van der Waals surface area contributed by atoms with E-state index in [1.807, 2.05) is 0 Å². The number of nitrogens with one attached hydrogen (secondary N) is 1. The average molecular weight is 200 g/mol. The number of aliphatic hydroxyl groups is 1. The molecule has 2 atom stereocenters. The summed E-state index contributed by atoms with van der Waals surface area (Å²) in [6, 6.07) is 0.00579. The van der Waals surface area contributed by atoms with E-state index >= 15 is 0 Å². The van der Waals surface area contributed by atoms with E-state index in [0.717, 1.165) is 25.7 Å². The minimum atomic E-state index is -0.733. The highest BCUT2D eigenvalue weighted by Gasteiger charge is 2.32. The Labute approximate surface area is 84.9 Å². The molecule has 4 heteroatoms. The van der Waals surface area contributed by atoms with Gasteiger partial charge < -0.3 is 10.8 Å². The van der Waals surface area contributed by atoms with Crippen LogP contribution >= 0.6 is 0 Å². The van der Waals surface area contributed by atoms with Gasteiger partial charge in [-0.25, -0.2) is 0 Å². The predicted octanol–water partition coefficient (Wildman–Crippen LogP) is 0.143. The second kappa shape index (κ2) is 4.28. The second-order valence-corrected chi connectivity index (χ2v) is 4.59. The van der Waals surface area contributed by atoms with Crippen molar-refractivity contribution >= 4 is 5.91 Å². The Morgan fingerprint density at radius 2 is 2.00 bits per heavy atom. The number of rotatable bonds is 3. The van der Waals surface area contributed by atoms with E-state index in [2.05, 4.69) is 5.32 Å². The Bertz CT molecular complexity index is 216. The zero-order chi connectivity index (χ0) is 10.8. The number of carbonyl (C=O) groups is 1. The highest BCUT2D eigenvalue weighted by atomic mass is 16.3. The zero-order valence-corrected chi connectivity index (χ0v) is 8.92. The summed E-state index contributed by atoms with van der Waals surface area (Å²) in [6.45, 7) is 3.49. The van der Waals surface area contributed by atoms with Gasteiger partial charge in [0.2, 0.25) is 5.91 Å². The van der Waals surface area contributed by atoms with Crippen LogP contribution in [-0.4, -0.2) is 28.7 Å². The van der Waals surface area contributed by atoms with Crippen molar-refractivity contribution < 1.29 is 9.90 Å². The lowest BCUT2D eigenvalue weighted by Crippen LogP contribution is -2.58. The molecule has 0 radical (unpaired) electrons. The third-order valence-electron chi connectivity index (χ3n) is 2.89. The van der Waals surface area contributed by atoms with Gasteiger partial charge in [-0.1, -0.05) is 12.8 Å². The fourth-order valence-electron chi connectivity index (χ4n) is 1.81. The topological polar surface area (TPSA) is 75.3 Å². The molecule has 1 fully saturated rings. The van der Waals surface area contributed by atoms with E-state index in [1.54, 1.807) is 13.8 Å². The lowest BCUT2D eigenvalue weighted by molar-refractivity contribution is -0.123. The molecule has 0 aromatic carbocycles. The van der Waals surface area contributed by atoms with Crippen molar-refractivity contribution in [2.75, 3.05) is 0 Å². The maximum Gasteiger partial charge on any atom is 0.237 e. The predicted molar refractivity (Wildman–Crippen MR) is 54.7 cm³/mol. The molecule has 0 aliphatic heterocycles. The molecule has 14 heavy (non-hydrogen) atoms. The van der Waals surface area contributed by atoms with Crippen LogP contribution in [0.2, 0.25) is 0 Å². The minimum absolute atomic E-state index is 0.00579. The fraction of sp³-hybridized carbons (Fsp3) is 0.900. The van der Waals surface area contributed by atoms with Gasteiger partial charge >= 0.3 is 0 Å². The van der Waals surface area contributed by atoms with Crippen LogP contribution < -0.4 is 11.1 Å². The van der Waals surface area contributed by atoms with E-state index in [0.29, 0.717) is 0 Å². The lowest BCUT2D eigenvalue weighted by atomic mass is 9.90. The third kappa shape index (κ3) is 2.69. The van der Waals surface area contributed by atoms with Crippen LogP contribution in [-0.2, 0) is 4.79 Å². The van der Waals surface area contributed by atoms with Crippen molar-refractivity contribution in [3.8, 4) is 0 Å². The number of carbonyl (C=O) groups excluding carboxylic acids is 1. The quantitative estimate of drug-likeness (QED) is 0.606. The van der Waals surface area contributed by atoms with Crippen molar-refractivity contribution in [3.05, 3.63) is 0 Å². The molecule has 4 N–H and O–H groups in total. The van der Waals surface area contributed by atoms with Gasteiger partial charge in [-0.05, 0) is 26.7 Å². The number of aliphatic hydroxyl groups excluding tert-OH is 1. The van der Waals surface area contributed by atoms with Crippen LogP contribution in [0.1, 0.15) is 39.5 Å². The van der Waals surface area contributed by atoms with Gasteiger partial charge in [0.15, 0.2) is 0 Å². The van der Waals surface area contributed by atoms with Crippen molar-refractivity contribution in [2.45, 2.75) is 57.2 Å². The summed E-state index contributed by atoms with van der Waals surface area (Å²) in [5.74, 6) is -0.379. The van der Waals surface area contributed by atoms with Gasteiger partial charge in [-0.2, -0.15) is 0 Å². The number of nitrogens with two attached hydrogens (primary N) is 1. The Kier molecular flexibility index (Phi) is 3.50. The molecule has 0 bridgehead atoms. The van der Waals surface area contributed by atoms with Gasteiger partial charge in [0.25, 0.3) is 0 Å². The second-order valence-electron chi connectivity index (χ2n) is 4.59. The summed E-state index contributed by atoms with van der Waals surface area (Å²) in [5, 5.41) is 12.8. The summed E-state index contributed by atoms with van der Waals surface area (Å²) in [6.07, 6.45) is 3.55. The molecule has 1 amide bonds. The monoisotopic (exact) mass is 200 g/mol. The molecule has 0 aromatic rings. The van der Waals surface area contributed by atoms with Crippen LogP contribution in [0.15, 0.2) is 0 Å². The Morgan fingerprint density at radius 1 is 1.43 bits per heavy atom. The molecule has 82 valence electrons. The standard InChI is InChI=1S/C10H20N2O2/c1-10(2,9(11)14)12-7-5-3-4-6-8(7)13/h7-8,12-13H,3-6H2,1-2H3,(H2,11,14). The van der Waals surface area contributed by atoms with Gasteiger partial charge in [-0.3, -0.25) is 10.1 Å². The number of hydrogen-bond acceptors (Lipinski definition) is 3. The molecule has 1 rings (SSSR count). The van der Waals surface area contributed by atoms with Crippen LogP contribution in [0, 0.1) is 0 Å². The van der Waals surface area contributed by atoms with Crippen LogP contribution in [0.5, 0.6) is 0 Å². The molecular formula is C10H20N2O2. The molecule has 0 heterocycles. The van der Waals surface area contributed by atoms with E-state index < -0.39 is 5.54 Å². The van der Waals surface area contributed by atoms with Gasteiger partial charge in [0, 0.05) is 6.04 Å². The molecule has 4 nitrogen and oxygen atoms in total. The van der Waals surface area contributed by atoms with Crippen LogP contribution in [0.25, 0.3) is 0 Å². The molecule has 0 aromatic heterocycles. The van der Waals surface area contributed by atoms with Crippen LogP contribution in [0.4, 0.5) is 0 Å². The molecule has 1 aliphatic carbocycles. The molecule has 0 spiro atoms. The van der Waals surface area contributed by atoms with Crippen LogP contribution in [0.3, 0.4) is 0 Å². The van der Waals surface area contributed by atoms with E-state index in [1.165, 1.54) is 0 Å². The molecule has 1 aliphatic rings. The van der Waals surface area contributed by atoms with Crippen molar-refractivity contribution in [2.24, 2.45) is 5.73 Å². The first-order valence-corrected chi connectivity index (χ1v) is 5.19. The maximum absolute atomic E-state index is 11.1. The lowest BCUT2D eigenvalue weighted by Gasteiger charge is -2.34. The van der Waals surface area contributed by atoms with Gasteiger partial charge in [0.1, 0.15) is 0 Å². The maximum atomic E-state index is 11.1. The Morgan fingerprint density at radius 3 is 2.50 bits per heavy atom. The molecular weight excluding hydrogens is 180 g/mol. The smallest absolute Gasteiger partial charge is 0.237 e. The van der Waals surface area contributed by atoms with Crippen molar-refractivity contribution in [1.82, 2.24) is 5.32 Å². The Hall–Kier alpha value is -0.610. The first kappa shape index (κ1) is 11.5. The number of amides is 1. The fourth-order valence-corrected chi connectivity index (χ4v) is 1.81. The van der Waals surface area contributed by atoms with E-state index in [9.17, 15) is 9.90 Å². The number of primary amides is 1. The minimum Gasteiger partial charge on any atom is -0.392 e. The van der Waals surface area contributed by atoms with E-state index in [4.69, 9.17) is 5.73 Å². The molecule has 1 saturated carbocycles. The number of hydrogen-bond donors (Lipinski definition) is 3. The SMILES string of the molecule is CC(C)(NC1CCCCC1O)C(N)=O. The summed E-state index contributed by atoms with van der Waals surface area (Å²) in [7, 11) is 0. The van der Waals surface area contributed by atoms with Gasteiger partial charge in [-0.15, -0.1) is 0 Å². The summed E-state index contributed by atoms with van der Waals surface area (Å²) in [4.78, 5) is 11.1.